The van der Waals surface area contributed by atoms with Gasteiger partial charge in [-0.1, -0.05) is 46.3 Å². The van der Waals surface area contributed by atoms with E-state index in [2.05, 4.69) is 21.0 Å². The van der Waals surface area contributed by atoms with Gasteiger partial charge in [-0.3, -0.25) is 4.57 Å². The second-order valence-corrected chi connectivity index (χ2v) is 9.40. The summed E-state index contributed by atoms with van der Waals surface area (Å²) in [5.41, 5.74) is -5.58. The molecule has 2 aromatic carbocycles. The van der Waals surface area contributed by atoms with E-state index in [1.54, 1.807) is 6.07 Å². The largest absolute Gasteiger partial charge is 0.399 e. The lowest BCUT2D eigenvalue weighted by Gasteiger charge is -2.19. The van der Waals surface area contributed by atoms with Crippen molar-refractivity contribution in [1.29, 1.82) is 0 Å². The summed E-state index contributed by atoms with van der Waals surface area (Å²) < 4.78 is 63.6. The molecule has 2 aromatic rings. The molecule has 26 heavy (non-hydrogen) atoms. The summed E-state index contributed by atoms with van der Waals surface area (Å²) >= 11 is 2.78. The Balaban J connectivity index is 2.56. The molecule has 0 heterocycles. The summed E-state index contributed by atoms with van der Waals surface area (Å²) in [5, 5.41) is 2.67. The molecule has 12 heteroatoms. The maximum atomic E-state index is 13.9. The van der Waals surface area contributed by atoms with Crippen LogP contribution in [-0.2, 0) is 20.1 Å². The van der Waals surface area contributed by atoms with E-state index in [0.717, 1.165) is 12.1 Å². The van der Waals surface area contributed by atoms with Gasteiger partial charge in [0, 0.05) is 15.6 Å². The van der Waals surface area contributed by atoms with Crippen LogP contribution in [0.3, 0.4) is 0 Å². The van der Waals surface area contributed by atoms with Gasteiger partial charge in [0.15, 0.2) is 5.04 Å². The zero-order chi connectivity index (χ0) is 19.8. The van der Waals surface area contributed by atoms with Gasteiger partial charge >= 0.3 is 13.3 Å². The average molecular weight is 469 g/mol. The minimum Gasteiger partial charge on any atom is -0.322 e. The predicted octanol–water partition coefficient (Wildman–Crippen LogP) is 2.77. The van der Waals surface area contributed by atoms with Crippen LogP contribution in [0.15, 0.2) is 63.0 Å². The van der Waals surface area contributed by atoms with Crippen molar-refractivity contribution in [3.8, 4) is 0 Å². The second-order valence-electron chi connectivity index (χ2n) is 5.03. The average Bonchev–Trinajstić information content (AvgIpc) is 2.55. The van der Waals surface area contributed by atoms with Crippen LogP contribution in [0.5, 0.6) is 0 Å². The van der Waals surface area contributed by atoms with Crippen LogP contribution in [0.2, 0.25) is 0 Å². The maximum Gasteiger partial charge on any atom is 0.399 e. The first-order valence-electron chi connectivity index (χ1n) is 6.75. The molecule has 0 fully saturated rings. The topological polar surface area (TPSA) is 130 Å². The Hall–Kier alpha value is -1.65. The van der Waals surface area contributed by atoms with Gasteiger partial charge in [-0.25, -0.2) is 8.42 Å². The SMILES string of the molecule is NN=C(c1ccc(C(F)(F)P(=O)(O)O)c(Br)c1)S(=O)(=O)c1ccccc1. The molecule has 4 N–H and O–H groups in total. The molecular weight excluding hydrogens is 457 g/mol. The Labute approximate surface area is 155 Å². The molecule has 0 amide bonds. The third-order valence-electron chi connectivity index (χ3n) is 3.33. The third kappa shape index (κ3) is 3.72. The molecule has 0 aliphatic heterocycles. The molecule has 0 aromatic heterocycles. The summed E-state index contributed by atoms with van der Waals surface area (Å²) in [7, 11) is -9.91. The fourth-order valence-corrected chi connectivity index (χ4v) is 4.66. The molecule has 0 aliphatic carbocycles. The Morgan fingerprint density at radius 2 is 1.73 bits per heavy atom. The van der Waals surface area contributed by atoms with E-state index in [1.165, 1.54) is 24.3 Å². The van der Waals surface area contributed by atoms with Crippen LogP contribution < -0.4 is 5.84 Å². The molecule has 0 saturated carbocycles. The highest BCUT2D eigenvalue weighted by Gasteiger charge is 2.51. The van der Waals surface area contributed by atoms with Crippen molar-refractivity contribution in [3.05, 3.63) is 64.1 Å². The third-order valence-corrected chi connectivity index (χ3v) is 6.70. The molecule has 0 saturated heterocycles. The fraction of sp³-hybridized carbons (Fsp3) is 0.0714. The zero-order valence-electron chi connectivity index (χ0n) is 12.8. The highest BCUT2D eigenvalue weighted by Crippen LogP contribution is 2.60. The first-order valence-corrected chi connectivity index (χ1v) is 10.6. The molecule has 0 spiro atoms. The Morgan fingerprint density at radius 3 is 2.19 bits per heavy atom. The molecule has 140 valence electrons. The smallest absolute Gasteiger partial charge is 0.322 e. The van der Waals surface area contributed by atoms with Crippen molar-refractivity contribution in [1.82, 2.24) is 0 Å². The van der Waals surface area contributed by atoms with E-state index >= 15 is 0 Å². The molecule has 7 nitrogen and oxygen atoms in total. The van der Waals surface area contributed by atoms with E-state index in [4.69, 9.17) is 15.6 Å². The lowest BCUT2D eigenvalue weighted by molar-refractivity contribution is 0.0557. The van der Waals surface area contributed by atoms with Crippen molar-refractivity contribution in [2.45, 2.75) is 10.6 Å². The van der Waals surface area contributed by atoms with Gasteiger partial charge in [-0.05, 0) is 18.2 Å². The van der Waals surface area contributed by atoms with Crippen LogP contribution in [0.1, 0.15) is 11.1 Å². The number of nitrogens with zero attached hydrogens (tertiary/aromatic N) is 1. The highest BCUT2D eigenvalue weighted by molar-refractivity contribution is 9.10. The lowest BCUT2D eigenvalue weighted by atomic mass is 10.1. The summed E-state index contributed by atoms with van der Waals surface area (Å²) in [4.78, 5) is 17.5. The van der Waals surface area contributed by atoms with Gasteiger partial charge in [0.1, 0.15) is 0 Å². The van der Waals surface area contributed by atoms with Crippen LogP contribution in [0.4, 0.5) is 8.78 Å². The monoisotopic (exact) mass is 468 g/mol. The zero-order valence-corrected chi connectivity index (χ0v) is 16.0. The van der Waals surface area contributed by atoms with Gasteiger partial charge in [-0.15, -0.1) is 0 Å². The van der Waals surface area contributed by atoms with E-state index in [-0.39, 0.29) is 10.5 Å². The van der Waals surface area contributed by atoms with E-state index in [0.29, 0.717) is 6.07 Å². The van der Waals surface area contributed by atoms with E-state index < -0.39 is 38.2 Å². The number of alkyl halides is 2. The number of rotatable bonds is 4. The number of nitrogens with two attached hydrogens (primary N) is 1. The standard InChI is InChI=1S/C14H12BrF2N2O5PS/c15-12-8-9(6-7-11(12)14(16,17)25(20,21)22)13(19-18)26(23,24)10-4-2-1-3-5-10/h1-8H,18H2,(H2,20,21,22). The fourth-order valence-electron chi connectivity index (χ4n) is 2.06. The van der Waals surface area contributed by atoms with E-state index in [9.17, 15) is 21.8 Å². The molecular formula is C14H12BrF2N2O5PS. The van der Waals surface area contributed by atoms with Crippen LogP contribution in [-0.4, -0.2) is 23.2 Å². The Bertz CT molecular complexity index is 1010. The van der Waals surface area contributed by atoms with Crippen LogP contribution in [0, 0.1) is 0 Å². The molecule has 0 unspecified atom stereocenters. The number of sulfone groups is 1. The molecule has 2 rings (SSSR count). The quantitative estimate of drug-likeness (QED) is 0.208. The number of hydrogen-bond acceptors (Lipinski definition) is 5. The van der Waals surface area contributed by atoms with Crippen molar-refractivity contribution >= 4 is 38.4 Å². The van der Waals surface area contributed by atoms with E-state index in [1.807, 2.05) is 0 Å². The number of hydrazone groups is 1. The highest BCUT2D eigenvalue weighted by atomic mass is 79.9. The van der Waals surface area contributed by atoms with Gasteiger partial charge in [0.25, 0.3) is 0 Å². The van der Waals surface area contributed by atoms with Crippen molar-refractivity contribution in [2.75, 3.05) is 0 Å². The predicted molar refractivity (Wildman–Crippen MR) is 94.4 cm³/mol. The molecule has 0 bridgehead atoms. The number of halogens is 3. The molecule has 0 radical (unpaired) electrons. The molecule has 0 aliphatic rings. The van der Waals surface area contributed by atoms with Gasteiger partial charge in [0.05, 0.1) is 4.90 Å². The van der Waals surface area contributed by atoms with Crippen molar-refractivity contribution in [3.63, 3.8) is 0 Å². The van der Waals surface area contributed by atoms with Gasteiger partial charge in [0.2, 0.25) is 9.84 Å². The van der Waals surface area contributed by atoms with Crippen molar-refractivity contribution < 1.29 is 31.6 Å². The Morgan fingerprint density at radius 1 is 1.15 bits per heavy atom. The molecule has 0 atom stereocenters. The lowest BCUT2D eigenvalue weighted by Crippen LogP contribution is -2.20. The summed E-state index contributed by atoms with van der Waals surface area (Å²) in [6, 6.07) is 9.79. The minimum absolute atomic E-state index is 0.107. The Kier molecular flexibility index (Phi) is 5.69. The van der Waals surface area contributed by atoms with Crippen LogP contribution in [0.25, 0.3) is 0 Å². The summed E-state index contributed by atoms with van der Waals surface area (Å²) in [6.07, 6.45) is 0. The normalized spacial score (nSPS) is 13.7. The first-order chi connectivity index (χ1) is 11.9. The number of benzene rings is 2. The second kappa shape index (κ2) is 7.16. The van der Waals surface area contributed by atoms with Gasteiger partial charge in [-0.2, -0.15) is 13.9 Å². The van der Waals surface area contributed by atoms with Crippen molar-refractivity contribution in [2.24, 2.45) is 10.9 Å². The van der Waals surface area contributed by atoms with Gasteiger partial charge < -0.3 is 15.6 Å². The maximum absolute atomic E-state index is 13.9. The summed E-state index contributed by atoms with van der Waals surface area (Å²) in [6.45, 7) is 0. The minimum atomic E-state index is -5.78. The number of hydrogen-bond donors (Lipinski definition) is 3. The summed E-state index contributed by atoms with van der Waals surface area (Å²) in [5.74, 6) is 5.19. The van der Waals surface area contributed by atoms with Crippen LogP contribution >= 0.6 is 23.5 Å². The first kappa shape index (κ1) is 20.7.